The Morgan fingerprint density at radius 3 is 2.67 bits per heavy atom. The van der Waals surface area contributed by atoms with Crippen molar-refractivity contribution in [2.45, 2.75) is 12.8 Å². The molecular formula is C11H17N5O2. The van der Waals surface area contributed by atoms with Gasteiger partial charge < -0.3 is 16.0 Å². The van der Waals surface area contributed by atoms with Crippen molar-refractivity contribution in [3.8, 4) is 0 Å². The zero-order valence-corrected chi connectivity index (χ0v) is 10.1. The van der Waals surface area contributed by atoms with Gasteiger partial charge in [-0.1, -0.05) is 0 Å². The van der Waals surface area contributed by atoms with E-state index in [1.54, 1.807) is 18.5 Å². The van der Waals surface area contributed by atoms with E-state index in [-0.39, 0.29) is 12.5 Å². The van der Waals surface area contributed by atoms with Gasteiger partial charge in [-0.15, -0.1) is 0 Å². The Labute approximate surface area is 105 Å². The second kappa shape index (κ2) is 8.91. The lowest BCUT2D eigenvalue weighted by Gasteiger charge is -2.05. The number of nitrogens with one attached hydrogen (secondary N) is 3. The molecule has 0 aliphatic heterocycles. The average molecular weight is 251 g/mol. The van der Waals surface area contributed by atoms with E-state index in [0.717, 1.165) is 19.4 Å². The van der Waals surface area contributed by atoms with Crippen molar-refractivity contribution in [1.82, 2.24) is 20.6 Å². The number of anilines is 1. The zero-order valence-electron chi connectivity index (χ0n) is 10.1. The van der Waals surface area contributed by atoms with Crippen LogP contribution >= 0.6 is 0 Å². The lowest BCUT2D eigenvalue weighted by molar-refractivity contribution is -0.122. The van der Waals surface area contributed by atoms with E-state index in [9.17, 15) is 9.59 Å². The topological polar surface area (TPSA) is 96.0 Å². The summed E-state index contributed by atoms with van der Waals surface area (Å²) in [6.07, 6.45) is 5.61. The molecule has 0 radical (unpaired) electrons. The minimum atomic E-state index is -0.179. The summed E-state index contributed by atoms with van der Waals surface area (Å²) in [4.78, 5) is 29.1. The number of carbonyl (C=O) groups is 2. The van der Waals surface area contributed by atoms with Gasteiger partial charge in [0.2, 0.25) is 18.3 Å². The fourth-order valence-electron chi connectivity index (χ4n) is 1.27. The molecule has 7 nitrogen and oxygen atoms in total. The number of nitrogens with zero attached hydrogens (tertiary/aromatic N) is 2. The molecule has 1 aromatic heterocycles. The van der Waals surface area contributed by atoms with Crippen LogP contribution in [0.1, 0.15) is 12.8 Å². The number of unbranched alkanes of at least 4 members (excludes halogenated alkanes) is 1. The van der Waals surface area contributed by atoms with E-state index < -0.39 is 0 Å². The number of hydrogen-bond donors (Lipinski definition) is 3. The van der Waals surface area contributed by atoms with Crippen LogP contribution in [-0.2, 0) is 9.59 Å². The first kappa shape index (κ1) is 13.9. The fraction of sp³-hybridized carbons (Fsp3) is 0.455. The van der Waals surface area contributed by atoms with Gasteiger partial charge in [0, 0.05) is 25.5 Å². The number of carbonyl (C=O) groups excluding carboxylic acids is 2. The molecule has 0 saturated carbocycles. The molecule has 0 atom stereocenters. The molecule has 7 heteroatoms. The molecule has 1 aromatic rings. The summed E-state index contributed by atoms with van der Waals surface area (Å²) in [6, 6.07) is 1.76. The summed E-state index contributed by atoms with van der Waals surface area (Å²) in [5, 5.41) is 8.07. The van der Waals surface area contributed by atoms with E-state index >= 15 is 0 Å². The highest BCUT2D eigenvalue weighted by Crippen LogP contribution is 1.95. The Balaban J connectivity index is 1.96. The van der Waals surface area contributed by atoms with Crippen LogP contribution in [-0.4, -0.2) is 41.9 Å². The molecule has 18 heavy (non-hydrogen) atoms. The molecule has 0 unspecified atom stereocenters. The molecule has 0 aliphatic carbocycles. The first-order valence-electron chi connectivity index (χ1n) is 5.77. The Kier molecular flexibility index (Phi) is 6.87. The largest absolute Gasteiger partial charge is 0.355 e. The van der Waals surface area contributed by atoms with Crippen molar-refractivity contribution >= 4 is 18.3 Å². The molecule has 0 aromatic carbocycles. The maximum atomic E-state index is 11.1. The third-order valence-electron chi connectivity index (χ3n) is 2.12. The Morgan fingerprint density at radius 1 is 1.22 bits per heavy atom. The maximum Gasteiger partial charge on any atom is 0.239 e. The third kappa shape index (κ3) is 6.41. The van der Waals surface area contributed by atoms with Crippen LogP contribution in [0.5, 0.6) is 0 Å². The Morgan fingerprint density at radius 2 is 1.94 bits per heavy atom. The molecule has 0 aliphatic rings. The fourth-order valence-corrected chi connectivity index (χ4v) is 1.27. The van der Waals surface area contributed by atoms with Crippen molar-refractivity contribution in [2.75, 3.05) is 25.0 Å². The lowest BCUT2D eigenvalue weighted by Crippen LogP contribution is -2.33. The monoisotopic (exact) mass is 251 g/mol. The Bertz CT molecular complexity index is 358. The van der Waals surface area contributed by atoms with Gasteiger partial charge in [0.05, 0.1) is 6.54 Å². The van der Waals surface area contributed by atoms with Crippen LogP contribution in [0.15, 0.2) is 18.5 Å². The molecule has 1 rings (SSSR count). The van der Waals surface area contributed by atoms with Crippen molar-refractivity contribution in [2.24, 2.45) is 0 Å². The van der Waals surface area contributed by atoms with Crippen molar-refractivity contribution in [3.05, 3.63) is 18.5 Å². The van der Waals surface area contributed by atoms with Gasteiger partial charge >= 0.3 is 0 Å². The summed E-state index contributed by atoms with van der Waals surface area (Å²) in [6.45, 7) is 1.38. The molecular weight excluding hydrogens is 234 g/mol. The first-order chi connectivity index (χ1) is 8.83. The quantitative estimate of drug-likeness (QED) is 0.407. The summed E-state index contributed by atoms with van der Waals surface area (Å²) in [5.74, 6) is 0.429. The molecule has 2 amide bonds. The van der Waals surface area contributed by atoms with Crippen LogP contribution < -0.4 is 16.0 Å². The highest BCUT2D eigenvalue weighted by Gasteiger charge is 1.98. The third-order valence-corrected chi connectivity index (χ3v) is 2.12. The van der Waals surface area contributed by atoms with Crippen molar-refractivity contribution in [3.63, 3.8) is 0 Å². The lowest BCUT2D eigenvalue weighted by atomic mass is 10.3. The van der Waals surface area contributed by atoms with Crippen LogP contribution in [0.25, 0.3) is 0 Å². The molecule has 1 heterocycles. The van der Waals surface area contributed by atoms with Gasteiger partial charge in [-0.05, 0) is 18.9 Å². The molecule has 0 bridgehead atoms. The SMILES string of the molecule is O=CNCC(=O)NCCCCNc1ncccn1. The standard InChI is InChI=1S/C11H17N5O2/c17-9-12-8-10(18)13-4-1-2-5-14-11-15-6-3-7-16-11/h3,6-7,9H,1-2,4-5,8H2,(H,12,17)(H,13,18)(H,14,15,16). The van der Waals surface area contributed by atoms with E-state index in [2.05, 4.69) is 25.9 Å². The van der Waals surface area contributed by atoms with Crippen molar-refractivity contribution in [1.29, 1.82) is 0 Å². The predicted molar refractivity (Wildman–Crippen MR) is 66.8 cm³/mol. The highest BCUT2D eigenvalue weighted by atomic mass is 16.2. The number of amides is 2. The van der Waals surface area contributed by atoms with Crippen molar-refractivity contribution < 1.29 is 9.59 Å². The molecule has 0 fully saturated rings. The average Bonchev–Trinajstić information content (AvgIpc) is 2.41. The van der Waals surface area contributed by atoms with E-state index in [1.165, 1.54) is 0 Å². The van der Waals surface area contributed by atoms with E-state index in [0.29, 0.717) is 18.9 Å². The maximum absolute atomic E-state index is 11.1. The summed E-state index contributed by atoms with van der Waals surface area (Å²) >= 11 is 0. The second-order valence-electron chi connectivity index (χ2n) is 3.55. The predicted octanol–water partition coefficient (Wildman–Crippen LogP) is -0.469. The van der Waals surface area contributed by atoms with Crippen LogP contribution in [0.4, 0.5) is 5.95 Å². The van der Waals surface area contributed by atoms with Gasteiger partial charge in [0.25, 0.3) is 0 Å². The summed E-state index contributed by atoms with van der Waals surface area (Å²) < 4.78 is 0. The molecule has 0 spiro atoms. The number of aromatic nitrogens is 2. The van der Waals surface area contributed by atoms with Gasteiger partial charge in [-0.3, -0.25) is 9.59 Å². The van der Waals surface area contributed by atoms with Crippen LogP contribution in [0.2, 0.25) is 0 Å². The molecule has 98 valence electrons. The van der Waals surface area contributed by atoms with Crippen LogP contribution in [0, 0.1) is 0 Å². The van der Waals surface area contributed by atoms with Crippen LogP contribution in [0.3, 0.4) is 0 Å². The normalized spacial score (nSPS) is 9.56. The smallest absolute Gasteiger partial charge is 0.239 e. The minimum absolute atomic E-state index is 0.0274. The van der Waals surface area contributed by atoms with Gasteiger partial charge in [-0.25, -0.2) is 9.97 Å². The summed E-state index contributed by atoms with van der Waals surface area (Å²) in [5.41, 5.74) is 0. The summed E-state index contributed by atoms with van der Waals surface area (Å²) in [7, 11) is 0. The number of hydrogen-bond acceptors (Lipinski definition) is 5. The molecule has 0 saturated heterocycles. The van der Waals surface area contributed by atoms with Gasteiger partial charge in [0.1, 0.15) is 0 Å². The zero-order chi connectivity index (χ0) is 13.1. The minimum Gasteiger partial charge on any atom is -0.355 e. The van der Waals surface area contributed by atoms with Gasteiger partial charge in [-0.2, -0.15) is 0 Å². The van der Waals surface area contributed by atoms with E-state index in [1.807, 2.05) is 0 Å². The molecule has 3 N–H and O–H groups in total. The Hall–Kier alpha value is -2.18. The number of rotatable bonds is 9. The highest BCUT2D eigenvalue weighted by molar-refractivity contribution is 5.79. The van der Waals surface area contributed by atoms with E-state index in [4.69, 9.17) is 0 Å². The first-order valence-corrected chi connectivity index (χ1v) is 5.77. The second-order valence-corrected chi connectivity index (χ2v) is 3.55. The van der Waals surface area contributed by atoms with Gasteiger partial charge in [0.15, 0.2) is 0 Å².